The fourth-order valence-electron chi connectivity index (χ4n) is 3.11. The number of fused-ring (bicyclic) bond motifs is 1. The average Bonchev–Trinajstić information content (AvgIpc) is 2.68. The van der Waals surface area contributed by atoms with Crippen molar-refractivity contribution in [1.29, 1.82) is 0 Å². The Morgan fingerprint density at radius 3 is 1.17 bits per heavy atom. The monoisotopic (exact) mass is 444 g/mol. The Kier molecular flexibility index (Phi) is 5.20. The van der Waals surface area contributed by atoms with Crippen LogP contribution in [0, 0.1) is 64.0 Å². The highest BCUT2D eigenvalue weighted by molar-refractivity contribution is 5.99. The molecule has 0 aliphatic carbocycles. The van der Waals surface area contributed by atoms with E-state index >= 15 is 4.39 Å². The molecular weight excluding hydrogens is 437 g/mol. The summed E-state index contributed by atoms with van der Waals surface area (Å²) in [5.74, 6) is -28.4. The molecule has 0 radical (unpaired) electrons. The molecular formula is C19H7F11. The lowest BCUT2D eigenvalue weighted by Crippen LogP contribution is -2.11. The molecule has 0 aliphatic heterocycles. The zero-order chi connectivity index (χ0) is 22.8. The van der Waals surface area contributed by atoms with Crippen LogP contribution in [0.2, 0.25) is 0 Å². The molecule has 3 aromatic rings. The number of hydrogen-bond acceptors (Lipinski definition) is 0. The molecule has 11 heteroatoms. The molecule has 0 atom stereocenters. The molecule has 0 fully saturated rings. The summed E-state index contributed by atoms with van der Waals surface area (Å²) in [5, 5.41) is -3.62. The standard InChI is InChI=1S/C19H7F11/c1-3(2)4-9(20)5(8-13(24)17(28)19(30)18(29)14(8)25)6-7(10(4)21)12(23)16(27)15(26)11(6)22/h3H,1-2H3. The van der Waals surface area contributed by atoms with Crippen LogP contribution >= 0.6 is 0 Å². The van der Waals surface area contributed by atoms with E-state index in [1.54, 1.807) is 0 Å². The molecule has 0 N–H and O–H groups in total. The largest absolute Gasteiger partial charge is 0.206 e. The summed E-state index contributed by atoms with van der Waals surface area (Å²) in [5.41, 5.74) is -5.12. The van der Waals surface area contributed by atoms with Gasteiger partial charge in [0.2, 0.25) is 5.82 Å². The van der Waals surface area contributed by atoms with Gasteiger partial charge in [-0.2, -0.15) is 0 Å². The summed E-state index contributed by atoms with van der Waals surface area (Å²) >= 11 is 0. The lowest BCUT2D eigenvalue weighted by molar-refractivity contribution is 0.380. The van der Waals surface area contributed by atoms with Crippen LogP contribution in [0.3, 0.4) is 0 Å². The molecule has 0 amide bonds. The van der Waals surface area contributed by atoms with E-state index in [0.717, 1.165) is 13.8 Å². The van der Waals surface area contributed by atoms with Gasteiger partial charge in [-0.15, -0.1) is 0 Å². The minimum absolute atomic E-state index is 1.09. The second-order valence-corrected chi connectivity index (χ2v) is 6.52. The molecule has 0 nitrogen and oxygen atoms in total. The third-order valence-corrected chi connectivity index (χ3v) is 4.47. The Balaban J connectivity index is 2.77. The molecule has 3 rings (SSSR count). The predicted octanol–water partition coefficient (Wildman–Crippen LogP) is 7.16. The number of rotatable bonds is 2. The molecule has 0 heterocycles. The number of benzene rings is 3. The summed E-state index contributed by atoms with van der Waals surface area (Å²) in [7, 11) is 0. The van der Waals surface area contributed by atoms with E-state index in [4.69, 9.17) is 0 Å². The summed E-state index contributed by atoms with van der Waals surface area (Å²) in [6.45, 7) is 2.17. The second kappa shape index (κ2) is 7.13. The number of hydrogen-bond donors (Lipinski definition) is 0. The van der Waals surface area contributed by atoms with Crippen molar-refractivity contribution in [1.82, 2.24) is 0 Å². The van der Waals surface area contributed by atoms with Crippen LogP contribution in [0.25, 0.3) is 21.9 Å². The third kappa shape index (κ3) is 2.74. The normalized spacial score (nSPS) is 11.8. The van der Waals surface area contributed by atoms with E-state index in [1.807, 2.05) is 0 Å². The van der Waals surface area contributed by atoms with E-state index in [2.05, 4.69) is 0 Å². The summed E-state index contributed by atoms with van der Waals surface area (Å²) in [4.78, 5) is 0. The molecule has 0 spiro atoms. The van der Waals surface area contributed by atoms with Crippen LogP contribution in [0.15, 0.2) is 0 Å². The molecule has 0 bridgehead atoms. The van der Waals surface area contributed by atoms with Crippen molar-refractivity contribution >= 4 is 10.8 Å². The van der Waals surface area contributed by atoms with Gasteiger partial charge in [0.25, 0.3) is 0 Å². The van der Waals surface area contributed by atoms with Crippen LogP contribution in [0.5, 0.6) is 0 Å². The van der Waals surface area contributed by atoms with Crippen molar-refractivity contribution in [2.45, 2.75) is 19.8 Å². The molecule has 0 unspecified atom stereocenters. The van der Waals surface area contributed by atoms with Gasteiger partial charge in [0.05, 0.1) is 10.9 Å². The first kappa shape index (κ1) is 21.8. The van der Waals surface area contributed by atoms with E-state index < -0.39 is 97.4 Å². The first-order valence-corrected chi connectivity index (χ1v) is 8.02. The number of halogens is 11. The molecule has 0 aromatic heterocycles. The third-order valence-electron chi connectivity index (χ3n) is 4.47. The quantitative estimate of drug-likeness (QED) is 0.224. The maximum absolute atomic E-state index is 15.1. The second-order valence-electron chi connectivity index (χ2n) is 6.52. The summed E-state index contributed by atoms with van der Waals surface area (Å²) in [6.07, 6.45) is 0. The van der Waals surface area contributed by atoms with Crippen LogP contribution in [0.4, 0.5) is 48.3 Å². The maximum Gasteiger partial charge on any atom is 0.200 e. The van der Waals surface area contributed by atoms with Gasteiger partial charge in [-0.25, -0.2) is 48.3 Å². The zero-order valence-electron chi connectivity index (χ0n) is 14.7. The van der Waals surface area contributed by atoms with E-state index in [1.165, 1.54) is 0 Å². The van der Waals surface area contributed by atoms with Gasteiger partial charge in [-0.1, -0.05) is 13.8 Å². The fraction of sp³-hybridized carbons (Fsp3) is 0.158. The van der Waals surface area contributed by atoms with E-state index in [-0.39, 0.29) is 0 Å². The molecule has 0 aliphatic rings. The van der Waals surface area contributed by atoms with Crippen LogP contribution < -0.4 is 0 Å². The van der Waals surface area contributed by atoms with Crippen LogP contribution in [0.1, 0.15) is 25.3 Å². The van der Waals surface area contributed by atoms with Gasteiger partial charge in [-0.05, 0) is 5.92 Å². The van der Waals surface area contributed by atoms with Gasteiger partial charge in [-0.3, -0.25) is 0 Å². The van der Waals surface area contributed by atoms with Crippen molar-refractivity contribution < 1.29 is 48.3 Å². The topological polar surface area (TPSA) is 0 Å². The Morgan fingerprint density at radius 2 is 0.733 bits per heavy atom. The zero-order valence-corrected chi connectivity index (χ0v) is 14.7. The highest BCUT2D eigenvalue weighted by Gasteiger charge is 2.36. The summed E-state index contributed by atoms with van der Waals surface area (Å²) < 4.78 is 155. The maximum atomic E-state index is 15.1. The lowest BCUT2D eigenvalue weighted by atomic mass is 9.88. The highest BCUT2D eigenvalue weighted by Crippen LogP contribution is 2.44. The van der Waals surface area contributed by atoms with Crippen molar-refractivity contribution in [2.75, 3.05) is 0 Å². The molecule has 0 saturated carbocycles. The SMILES string of the molecule is CC(C)c1c(F)c(-c2c(F)c(F)c(F)c(F)c2F)c2c(F)c(F)c(F)c(F)c2c1F. The Morgan fingerprint density at radius 1 is 0.367 bits per heavy atom. The van der Waals surface area contributed by atoms with Crippen LogP contribution in [-0.2, 0) is 0 Å². The molecule has 3 aromatic carbocycles. The van der Waals surface area contributed by atoms with E-state index in [0.29, 0.717) is 0 Å². The van der Waals surface area contributed by atoms with Gasteiger partial charge < -0.3 is 0 Å². The Hall–Kier alpha value is -2.85. The molecule has 160 valence electrons. The van der Waals surface area contributed by atoms with Crippen molar-refractivity contribution in [3.8, 4) is 11.1 Å². The lowest BCUT2D eigenvalue weighted by Gasteiger charge is -2.19. The van der Waals surface area contributed by atoms with Crippen molar-refractivity contribution in [3.05, 3.63) is 69.6 Å². The Bertz CT molecular complexity index is 1200. The van der Waals surface area contributed by atoms with Gasteiger partial charge in [0.15, 0.2) is 46.5 Å². The van der Waals surface area contributed by atoms with Crippen LogP contribution in [-0.4, -0.2) is 0 Å². The first-order chi connectivity index (χ1) is 13.8. The predicted molar refractivity (Wildman–Crippen MR) is 83.0 cm³/mol. The summed E-state index contributed by atoms with van der Waals surface area (Å²) in [6, 6.07) is 0. The van der Waals surface area contributed by atoms with Gasteiger partial charge >= 0.3 is 0 Å². The smallest absolute Gasteiger partial charge is 0.200 e. The highest BCUT2D eigenvalue weighted by atomic mass is 19.2. The van der Waals surface area contributed by atoms with Crippen molar-refractivity contribution in [2.24, 2.45) is 0 Å². The van der Waals surface area contributed by atoms with Gasteiger partial charge in [0.1, 0.15) is 11.6 Å². The molecule has 0 saturated heterocycles. The molecule has 30 heavy (non-hydrogen) atoms. The van der Waals surface area contributed by atoms with E-state index in [9.17, 15) is 43.9 Å². The fourth-order valence-corrected chi connectivity index (χ4v) is 3.11. The Labute approximate surface area is 160 Å². The average molecular weight is 444 g/mol. The minimum atomic E-state index is -2.66. The minimum Gasteiger partial charge on any atom is -0.206 e. The first-order valence-electron chi connectivity index (χ1n) is 8.02. The van der Waals surface area contributed by atoms with Crippen molar-refractivity contribution in [3.63, 3.8) is 0 Å². The van der Waals surface area contributed by atoms with Gasteiger partial charge in [0, 0.05) is 16.5 Å².